The fraction of sp³-hybridized carbons (Fsp3) is 0.612. The number of para-hydroxylation sites is 1. The van der Waals surface area contributed by atoms with Gasteiger partial charge >= 0.3 is 11.9 Å². The summed E-state index contributed by atoms with van der Waals surface area (Å²) in [7, 11) is 0. The van der Waals surface area contributed by atoms with Gasteiger partial charge in [-0.3, -0.25) is 48.1 Å². The molecule has 1 heterocycles. The Labute approximate surface area is 451 Å². The summed E-state index contributed by atoms with van der Waals surface area (Å²) >= 11 is 0. The molecular formula is C49H80N14O15. The normalized spacial score (nSPS) is 15.1. The van der Waals surface area contributed by atoms with Crippen LogP contribution in [0, 0.1) is 11.8 Å². The number of hydrogen-bond donors (Lipinski definition) is 18. The van der Waals surface area contributed by atoms with Crippen molar-refractivity contribution in [2.45, 2.75) is 153 Å². The van der Waals surface area contributed by atoms with Crippen LogP contribution in [0.25, 0.3) is 10.9 Å². The lowest BCUT2D eigenvalue weighted by Gasteiger charge is -2.29. The Kier molecular flexibility index (Phi) is 28.7. The molecule has 0 saturated heterocycles. The van der Waals surface area contributed by atoms with Crippen molar-refractivity contribution in [2.24, 2.45) is 39.8 Å². The van der Waals surface area contributed by atoms with E-state index in [0.717, 1.165) is 6.92 Å². The average Bonchev–Trinajstić information content (AvgIpc) is 3.78. The number of carboxylic acid groups (broad SMARTS) is 2. The minimum Gasteiger partial charge on any atom is -0.481 e. The molecule has 2 aromatic rings. The first kappa shape index (κ1) is 66.6. The number of H-pyrrole nitrogens is 1. The molecule has 1 aromatic heterocycles. The fourth-order valence-electron chi connectivity index (χ4n) is 7.86. The predicted octanol–water partition coefficient (Wildman–Crippen LogP) is -4.88. The molecule has 0 bridgehead atoms. The number of unbranched alkanes of at least 4 members (excludes halogenated alkanes) is 1. The molecule has 8 amide bonds. The Hall–Kier alpha value is -7.47. The van der Waals surface area contributed by atoms with Crippen LogP contribution in [-0.4, -0.2) is 182 Å². The van der Waals surface area contributed by atoms with E-state index in [9.17, 15) is 73.5 Å². The van der Waals surface area contributed by atoms with E-state index >= 15 is 0 Å². The SMILES string of the molecule is CC(C)C[C@H](N)C(=O)N[C@H](C(=O)N[C@H](C(=O)N[C@@H](CCC(=O)O)C(=O)N[C@@H](CCCCN)C(=O)N[C@@H](CO)C(=O)N[C@@H](CCCN=C(N)N)C(=O)N[C@@H](Cc1c[nH]c2ccccc12)C(=O)N[C@@H](CO)C(=O)O)[C@@H](C)O)C(C)C. The molecular weight excluding hydrogens is 1020 g/mol. The van der Waals surface area contributed by atoms with Crippen LogP contribution in [0.15, 0.2) is 35.5 Å². The maximum Gasteiger partial charge on any atom is 0.328 e. The van der Waals surface area contributed by atoms with Crippen LogP contribution < -0.4 is 65.5 Å². The van der Waals surface area contributed by atoms with Crippen molar-refractivity contribution in [3.63, 3.8) is 0 Å². The Morgan fingerprint density at radius 1 is 0.603 bits per heavy atom. The van der Waals surface area contributed by atoms with Crippen molar-refractivity contribution in [3.05, 3.63) is 36.0 Å². The molecule has 0 fully saturated rings. The Morgan fingerprint density at radius 2 is 1.09 bits per heavy atom. The van der Waals surface area contributed by atoms with E-state index in [0.29, 0.717) is 29.3 Å². The quantitative estimate of drug-likeness (QED) is 0.0173. The first-order valence-corrected chi connectivity index (χ1v) is 25.6. The van der Waals surface area contributed by atoms with Gasteiger partial charge in [0.05, 0.1) is 25.4 Å². The number of hydrogen-bond acceptors (Lipinski definition) is 16. The molecule has 0 spiro atoms. The highest BCUT2D eigenvalue weighted by molar-refractivity contribution is 5.98. The summed E-state index contributed by atoms with van der Waals surface area (Å²) in [5.41, 5.74) is 23.8. The Morgan fingerprint density at radius 3 is 1.62 bits per heavy atom. The molecule has 0 aliphatic heterocycles. The highest BCUT2D eigenvalue weighted by Gasteiger charge is 2.37. The van der Waals surface area contributed by atoms with E-state index < -0.39 is 152 Å². The van der Waals surface area contributed by atoms with Crippen molar-refractivity contribution in [3.8, 4) is 0 Å². The smallest absolute Gasteiger partial charge is 0.328 e. The first-order valence-electron chi connectivity index (χ1n) is 25.6. The number of aliphatic carboxylic acids is 2. The summed E-state index contributed by atoms with van der Waals surface area (Å²) in [5, 5.41) is 69.7. The molecule has 0 radical (unpaired) electrons. The number of guanidine groups is 1. The monoisotopic (exact) mass is 1100 g/mol. The summed E-state index contributed by atoms with van der Waals surface area (Å²) in [4.78, 5) is 140. The largest absolute Gasteiger partial charge is 0.481 e. The highest BCUT2D eigenvalue weighted by atomic mass is 16.4. The van der Waals surface area contributed by atoms with E-state index in [1.54, 1.807) is 44.3 Å². The van der Waals surface area contributed by atoms with Gasteiger partial charge in [-0.25, -0.2) is 4.79 Å². The number of nitrogens with one attached hydrogen (secondary N) is 9. The van der Waals surface area contributed by atoms with Gasteiger partial charge in [-0.05, 0) is 81.9 Å². The van der Waals surface area contributed by atoms with Crippen LogP contribution in [0.1, 0.15) is 91.5 Å². The summed E-state index contributed by atoms with van der Waals surface area (Å²) in [6.45, 7) is 6.13. The van der Waals surface area contributed by atoms with Gasteiger partial charge in [0.15, 0.2) is 5.96 Å². The summed E-state index contributed by atoms with van der Waals surface area (Å²) < 4.78 is 0. The van der Waals surface area contributed by atoms with Gasteiger partial charge in [-0.1, -0.05) is 45.9 Å². The second-order valence-electron chi connectivity index (χ2n) is 19.5. The zero-order chi connectivity index (χ0) is 58.8. The second-order valence-corrected chi connectivity index (χ2v) is 19.5. The van der Waals surface area contributed by atoms with E-state index in [2.05, 4.69) is 52.5 Å². The van der Waals surface area contributed by atoms with E-state index in [1.165, 1.54) is 0 Å². The van der Waals surface area contributed by atoms with Crippen LogP contribution >= 0.6 is 0 Å². The van der Waals surface area contributed by atoms with Gasteiger partial charge in [-0.2, -0.15) is 0 Å². The molecule has 0 aliphatic rings. The number of nitrogens with zero attached hydrogens (tertiary/aromatic N) is 1. The maximum atomic E-state index is 14.1. The van der Waals surface area contributed by atoms with Gasteiger partial charge in [0.25, 0.3) is 0 Å². The van der Waals surface area contributed by atoms with Crippen LogP contribution in [-0.2, 0) is 54.4 Å². The number of carbonyl (C=O) groups is 10. The van der Waals surface area contributed by atoms with Gasteiger partial charge in [-0.15, -0.1) is 0 Å². The zero-order valence-corrected chi connectivity index (χ0v) is 44.6. The summed E-state index contributed by atoms with van der Waals surface area (Å²) in [6.07, 6.45) is -1.00. The Bertz CT molecular complexity index is 2380. The molecule has 0 unspecified atom stereocenters. The highest BCUT2D eigenvalue weighted by Crippen LogP contribution is 2.20. The third-order valence-electron chi connectivity index (χ3n) is 12.2. The second kappa shape index (κ2) is 33.6. The molecule has 436 valence electrons. The van der Waals surface area contributed by atoms with Crippen LogP contribution in [0.3, 0.4) is 0 Å². The van der Waals surface area contributed by atoms with Gasteiger partial charge in [0.2, 0.25) is 47.3 Å². The van der Waals surface area contributed by atoms with Gasteiger partial charge in [0, 0.05) is 36.5 Å². The van der Waals surface area contributed by atoms with E-state index in [-0.39, 0.29) is 57.1 Å². The number of carboxylic acids is 2. The minimum atomic E-state index is -1.83. The maximum absolute atomic E-state index is 14.1. The molecule has 29 nitrogen and oxygen atoms in total. The number of aliphatic hydroxyl groups is 3. The van der Waals surface area contributed by atoms with Crippen molar-refractivity contribution < 1.29 is 73.5 Å². The van der Waals surface area contributed by atoms with Crippen LogP contribution in [0.2, 0.25) is 0 Å². The number of rotatable bonds is 36. The predicted molar refractivity (Wildman–Crippen MR) is 283 cm³/mol. The van der Waals surface area contributed by atoms with Crippen molar-refractivity contribution in [1.82, 2.24) is 47.5 Å². The lowest BCUT2D eigenvalue weighted by atomic mass is 9.99. The molecule has 78 heavy (non-hydrogen) atoms. The van der Waals surface area contributed by atoms with Crippen molar-refractivity contribution >= 4 is 76.1 Å². The molecule has 0 saturated carbocycles. The van der Waals surface area contributed by atoms with Crippen LogP contribution in [0.4, 0.5) is 0 Å². The number of benzene rings is 1. The number of nitrogens with two attached hydrogens (primary N) is 4. The lowest BCUT2D eigenvalue weighted by molar-refractivity contribution is -0.143. The number of aromatic nitrogens is 1. The molecule has 0 aliphatic carbocycles. The summed E-state index contributed by atoms with van der Waals surface area (Å²) in [5.74, 6) is -11.7. The topological polar surface area (TPSA) is 500 Å². The number of aromatic amines is 1. The van der Waals surface area contributed by atoms with Crippen LogP contribution in [0.5, 0.6) is 0 Å². The number of aliphatic imine (C=N–C) groups is 1. The molecule has 1 aromatic carbocycles. The minimum absolute atomic E-state index is 0.0426. The van der Waals surface area contributed by atoms with Crippen molar-refractivity contribution in [2.75, 3.05) is 26.3 Å². The number of carbonyl (C=O) groups excluding carboxylic acids is 8. The molecule has 2 rings (SSSR count). The standard InChI is InChI=1S/C49H80N14O15/c1-24(2)19-29(51)40(69)62-38(25(3)4)46(75)63-39(26(5)66)47(76)58-33(15-16-37(67)68)43(72)56-31(13-8-9-17-50)42(71)60-35(22-64)45(74)57-32(14-10-18-54-49(52)53)41(70)59-34(44(73)61-36(23-65)48(77)78)20-27-21-55-30-12-7-6-11-28(27)30/h6-7,11-12,21,24-26,29,31-36,38-39,55,64-66H,8-10,13-20,22-23,50-51H2,1-5H3,(H,56,72)(H,57,74)(H,58,76)(H,59,70)(H,60,71)(H,61,73)(H,62,69)(H,63,75)(H,67,68)(H,77,78)(H4,52,53,54)/t26-,29+,31+,32+,33+,34+,35+,36+,38+,39+/m1/s1. The Balaban J connectivity index is 2.43. The fourth-order valence-corrected chi connectivity index (χ4v) is 7.86. The van der Waals surface area contributed by atoms with Crippen molar-refractivity contribution in [1.29, 1.82) is 0 Å². The van der Waals surface area contributed by atoms with E-state index in [1.807, 2.05) is 13.8 Å². The molecule has 29 heteroatoms. The number of aliphatic hydroxyl groups excluding tert-OH is 3. The lowest BCUT2D eigenvalue weighted by Crippen LogP contribution is -2.62. The zero-order valence-electron chi connectivity index (χ0n) is 44.6. The van der Waals surface area contributed by atoms with E-state index in [4.69, 9.17) is 22.9 Å². The molecule has 22 N–H and O–H groups in total. The summed E-state index contributed by atoms with van der Waals surface area (Å²) in [6, 6.07) is -6.86. The first-order chi connectivity index (χ1) is 36.7. The number of fused-ring (bicyclic) bond motifs is 1. The number of amides is 8. The average molecular weight is 1110 g/mol. The third-order valence-corrected chi connectivity index (χ3v) is 12.2. The van der Waals surface area contributed by atoms with Gasteiger partial charge < -0.3 is 96.0 Å². The third kappa shape index (κ3) is 22.6. The molecule has 10 atom stereocenters. The van der Waals surface area contributed by atoms with Gasteiger partial charge in [0.1, 0.15) is 48.3 Å².